The van der Waals surface area contributed by atoms with Crippen molar-refractivity contribution >= 4 is 32.8 Å². The summed E-state index contributed by atoms with van der Waals surface area (Å²) in [5.74, 6) is -1.41. The number of alkyl halides is 7. The molecule has 0 saturated carbocycles. The minimum atomic E-state index is -5.29. The number of pyridine rings is 1. The van der Waals surface area contributed by atoms with Crippen molar-refractivity contribution < 1.29 is 35.9 Å². The summed E-state index contributed by atoms with van der Waals surface area (Å²) in [6, 6.07) is 0.0344. The van der Waals surface area contributed by atoms with E-state index >= 15 is 0 Å². The highest BCUT2D eigenvalue weighted by atomic mass is 79.9. The summed E-state index contributed by atoms with van der Waals surface area (Å²) in [7, 11) is 0. The molecule has 11 heteroatoms. The first-order valence-electron chi connectivity index (χ1n) is 4.58. The number of hydrogen-bond donors (Lipinski definition) is 0. The summed E-state index contributed by atoms with van der Waals surface area (Å²) in [6.07, 6.45) is -10.3. The van der Waals surface area contributed by atoms with Crippen molar-refractivity contribution in [2.75, 3.05) is 0 Å². The SMILES string of the molecule is O=C(Cl)c1nc(CBr)c(C(F)(F)F)cc1OC(F)(F)F. The first-order chi connectivity index (χ1) is 8.95. The van der Waals surface area contributed by atoms with Crippen LogP contribution in [0.1, 0.15) is 21.7 Å². The number of carbonyl (C=O) groups excluding carboxylic acids is 1. The van der Waals surface area contributed by atoms with Crippen LogP contribution in [0.25, 0.3) is 0 Å². The van der Waals surface area contributed by atoms with Crippen LogP contribution in [0.3, 0.4) is 0 Å². The van der Waals surface area contributed by atoms with Gasteiger partial charge in [-0.05, 0) is 17.7 Å². The van der Waals surface area contributed by atoms with Crippen molar-refractivity contribution in [2.24, 2.45) is 0 Å². The van der Waals surface area contributed by atoms with Gasteiger partial charge in [-0.15, -0.1) is 13.2 Å². The Morgan fingerprint density at radius 1 is 1.30 bits per heavy atom. The molecular weight excluding hydrogens is 383 g/mol. The molecule has 0 aliphatic rings. The number of nitrogens with zero attached hydrogens (tertiary/aromatic N) is 1. The predicted octanol–water partition coefficient (Wildman–Crippen LogP) is 4.27. The van der Waals surface area contributed by atoms with Gasteiger partial charge in [-0.3, -0.25) is 4.79 Å². The maximum absolute atomic E-state index is 12.7. The Labute approximate surface area is 121 Å². The van der Waals surface area contributed by atoms with E-state index in [1.807, 2.05) is 0 Å². The molecule has 0 aromatic carbocycles. The highest BCUT2D eigenvalue weighted by molar-refractivity contribution is 9.08. The fraction of sp³-hybridized carbons (Fsp3) is 0.333. The number of rotatable bonds is 3. The van der Waals surface area contributed by atoms with Gasteiger partial charge in [0, 0.05) is 5.33 Å². The Kier molecular flexibility index (Phi) is 4.90. The summed E-state index contributed by atoms with van der Waals surface area (Å²) < 4.78 is 77.6. The lowest BCUT2D eigenvalue weighted by Gasteiger charge is -2.16. The Balaban J connectivity index is 3.51. The molecule has 0 bridgehead atoms. The van der Waals surface area contributed by atoms with Crippen molar-refractivity contribution in [3.63, 3.8) is 0 Å². The van der Waals surface area contributed by atoms with Crippen LogP contribution in [0.4, 0.5) is 26.3 Å². The van der Waals surface area contributed by atoms with E-state index in [9.17, 15) is 31.1 Å². The van der Waals surface area contributed by atoms with E-state index in [4.69, 9.17) is 11.6 Å². The zero-order valence-corrected chi connectivity index (χ0v) is 11.4. The van der Waals surface area contributed by atoms with E-state index in [1.165, 1.54) is 0 Å². The highest BCUT2D eigenvalue weighted by Crippen LogP contribution is 2.37. The van der Waals surface area contributed by atoms with Gasteiger partial charge in [0.25, 0.3) is 5.24 Å². The molecule has 112 valence electrons. The normalized spacial score (nSPS) is 12.4. The van der Waals surface area contributed by atoms with Gasteiger partial charge >= 0.3 is 12.5 Å². The highest BCUT2D eigenvalue weighted by Gasteiger charge is 2.39. The van der Waals surface area contributed by atoms with Crippen LogP contribution >= 0.6 is 27.5 Å². The second-order valence-electron chi connectivity index (χ2n) is 3.28. The fourth-order valence-corrected chi connectivity index (χ4v) is 1.79. The molecule has 0 atom stereocenters. The van der Waals surface area contributed by atoms with Gasteiger partial charge in [0.15, 0.2) is 11.4 Å². The van der Waals surface area contributed by atoms with Crippen molar-refractivity contribution in [1.29, 1.82) is 0 Å². The van der Waals surface area contributed by atoms with Crippen molar-refractivity contribution in [1.82, 2.24) is 4.98 Å². The molecule has 1 aromatic rings. The zero-order valence-electron chi connectivity index (χ0n) is 9.07. The van der Waals surface area contributed by atoms with E-state index in [1.54, 1.807) is 0 Å². The minimum absolute atomic E-state index is 0.0344. The molecule has 0 amide bonds. The smallest absolute Gasteiger partial charge is 0.403 e. The average Bonchev–Trinajstić information content (AvgIpc) is 2.24. The molecule has 0 N–H and O–H groups in total. The van der Waals surface area contributed by atoms with Gasteiger partial charge in [0.05, 0.1) is 11.3 Å². The van der Waals surface area contributed by atoms with E-state index in [-0.39, 0.29) is 6.07 Å². The van der Waals surface area contributed by atoms with Crippen LogP contribution in [-0.2, 0) is 11.5 Å². The van der Waals surface area contributed by atoms with Crippen LogP contribution in [0.15, 0.2) is 6.07 Å². The number of carbonyl (C=O) groups is 1. The molecule has 0 radical (unpaired) electrons. The summed E-state index contributed by atoms with van der Waals surface area (Å²) in [5.41, 5.74) is -3.20. The Morgan fingerprint density at radius 2 is 1.85 bits per heavy atom. The Morgan fingerprint density at radius 3 is 2.20 bits per heavy atom. The van der Waals surface area contributed by atoms with Gasteiger partial charge in [0.1, 0.15) is 0 Å². The Bertz CT molecular complexity index is 530. The number of hydrogen-bond acceptors (Lipinski definition) is 3. The lowest BCUT2D eigenvalue weighted by molar-refractivity contribution is -0.275. The number of ether oxygens (including phenoxy) is 1. The first kappa shape index (κ1) is 17.0. The first-order valence-corrected chi connectivity index (χ1v) is 6.08. The molecule has 0 unspecified atom stereocenters. The van der Waals surface area contributed by atoms with Crippen LogP contribution in [-0.4, -0.2) is 16.6 Å². The monoisotopic (exact) mass is 385 g/mol. The van der Waals surface area contributed by atoms with E-state index in [0.717, 1.165) is 0 Å². The average molecular weight is 386 g/mol. The third-order valence-corrected chi connectivity index (χ3v) is 2.62. The summed E-state index contributed by atoms with van der Waals surface area (Å²) in [5, 5.41) is -1.91. The third-order valence-electron chi connectivity index (χ3n) is 1.91. The zero-order chi connectivity index (χ0) is 15.7. The predicted molar refractivity (Wildman–Crippen MR) is 58.7 cm³/mol. The standard InChI is InChI=1S/C9H3BrClF6NO2/c10-2-4-3(8(12,13)14)1-5(20-9(15,16)17)6(18-4)7(11)19/h1H,2H2. The molecule has 1 rings (SSSR count). The topological polar surface area (TPSA) is 39.2 Å². The van der Waals surface area contributed by atoms with Crippen molar-refractivity contribution in [3.8, 4) is 5.75 Å². The summed E-state index contributed by atoms with van der Waals surface area (Å²) in [4.78, 5) is 14.1. The molecule has 1 heterocycles. The van der Waals surface area contributed by atoms with Gasteiger partial charge in [-0.2, -0.15) is 13.2 Å². The maximum Gasteiger partial charge on any atom is 0.573 e. The van der Waals surface area contributed by atoms with Gasteiger partial charge in [-0.1, -0.05) is 15.9 Å². The van der Waals surface area contributed by atoms with Crippen molar-refractivity contribution in [3.05, 3.63) is 23.0 Å². The molecule has 0 aliphatic heterocycles. The quantitative estimate of drug-likeness (QED) is 0.442. The lowest BCUT2D eigenvalue weighted by atomic mass is 10.1. The van der Waals surface area contributed by atoms with Crippen LogP contribution < -0.4 is 4.74 Å². The van der Waals surface area contributed by atoms with E-state index in [0.29, 0.717) is 0 Å². The fourth-order valence-electron chi connectivity index (χ4n) is 1.22. The van der Waals surface area contributed by atoms with Crippen molar-refractivity contribution in [2.45, 2.75) is 17.9 Å². The number of aromatic nitrogens is 1. The van der Waals surface area contributed by atoms with Gasteiger partial charge < -0.3 is 4.74 Å². The molecule has 20 heavy (non-hydrogen) atoms. The molecule has 0 saturated heterocycles. The summed E-state index contributed by atoms with van der Waals surface area (Å²) >= 11 is 7.68. The summed E-state index contributed by atoms with van der Waals surface area (Å²) in [6.45, 7) is 0. The van der Waals surface area contributed by atoms with Crippen LogP contribution in [0.5, 0.6) is 5.75 Å². The van der Waals surface area contributed by atoms with Gasteiger partial charge in [0.2, 0.25) is 0 Å². The molecule has 0 spiro atoms. The van der Waals surface area contributed by atoms with Gasteiger partial charge in [-0.25, -0.2) is 4.98 Å². The lowest BCUT2D eigenvalue weighted by Crippen LogP contribution is -2.21. The molecule has 0 aliphatic carbocycles. The molecule has 1 aromatic heterocycles. The molecular formula is C9H3BrClF6NO2. The number of halogens is 8. The largest absolute Gasteiger partial charge is 0.573 e. The Hall–Kier alpha value is -1.03. The second-order valence-corrected chi connectivity index (χ2v) is 4.19. The molecule has 0 fully saturated rings. The maximum atomic E-state index is 12.7. The second kappa shape index (κ2) is 5.76. The minimum Gasteiger partial charge on any atom is -0.403 e. The van der Waals surface area contributed by atoms with E-state index in [2.05, 4.69) is 25.7 Å². The molecule has 3 nitrogen and oxygen atoms in total. The third kappa shape index (κ3) is 4.23. The van der Waals surface area contributed by atoms with Crippen LogP contribution in [0.2, 0.25) is 0 Å². The van der Waals surface area contributed by atoms with Crippen LogP contribution in [0, 0.1) is 0 Å². The van der Waals surface area contributed by atoms with E-state index < -0.39 is 45.8 Å².